The largest absolute Gasteiger partial charge is 0.459 e. The van der Waals surface area contributed by atoms with E-state index < -0.39 is 98.8 Å². The molecule has 0 aromatic rings. The second kappa shape index (κ2) is 14.0. The van der Waals surface area contributed by atoms with Gasteiger partial charge >= 0.3 is 32.6 Å². The molecule has 6 nitrogen and oxygen atoms in total. The number of esters is 1. The first-order valence-electron chi connectivity index (χ1n) is 12.9. The summed E-state index contributed by atoms with van der Waals surface area (Å²) < 4.78 is 125. The lowest BCUT2D eigenvalue weighted by Crippen LogP contribution is -2.59. The molecule has 238 valence electrons. The van der Waals surface area contributed by atoms with Gasteiger partial charge in [-0.3, -0.25) is 0 Å². The van der Waals surface area contributed by atoms with Gasteiger partial charge in [0.05, 0.1) is 0 Å². The van der Waals surface area contributed by atoms with Gasteiger partial charge in [0, 0.05) is 18.4 Å². The van der Waals surface area contributed by atoms with E-state index in [2.05, 4.69) is 6.58 Å². The smallest absolute Gasteiger partial charge is 0.459 e. The van der Waals surface area contributed by atoms with E-state index in [1.165, 1.54) is 6.92 Å². The number of rotatable bonds is 17. The van der Waals surface area contributed by atoms with Gasteiger partial charge in [-0.15, -0.1) is 0 Å². The molecule has 0 aliphatic rings. The van der Waals surface area contributed by atoms with Crippen LogP contribution in [0.1, 0.15) is 26.2 Å². The van der Waals surface area contributed by atoms with E-state index in [4.69, 9.17) is 21.8 Å². The van der Waals surface area contributed by atoms with Crippen molar-refractivity contribution < 1.29 is 57.3 Å². The lowest BCUT2D eigenvalue weighted by atomic mass is 10.0. The predicted molar refractivity (Wildman–Crippen MR) is 153 cm³/mol. The Hall–Kier alpha value is -0.356. The van der Waals surface area contributed by atoms with Crippen LogP contribution in [-0.4, -0.2) is 79.5 Å². The highest BCUT2D eigenvalue weighted by Gasteiger charge is 2.72. The van der Waals surface area contributed by atoms with Crippen LogP contribution < -0.4 is 0 Å². The van der Waals surface area contributed by atoms with Crippen LogP contribution >= 0.6 is 0 Å². The van der Waals surface area contributed by atoms with Crippen LogP contribution in [0.15, 0.2) is 12.2 Å². The maximum Gasteiger partial charge on any atom is 0.459 e. The third-order valence-electron chi connectivity index (χ3n) is 4.92. The van der Waals surface area contributed by atoms with Gasteiger partial charge in [0.15, 0.2) is 31.1 Å². The van der Waals surface area contributed by atoms with Gasteiger partial charge in [-0.05, 0) is 78.8 Å². The summed E-state index contributed by atoms with van der Waals surface area (Å²) in [5.74, 6) is -12.8. The monoisotopic (exact) mass is 678 g/mol. The molecule has 0 aromatic carbocycles. The van der Waals surface area contributed by atoms with E-state index in [0.717, 1.165) is 0 Å². The van der Waals surface area contributed by atoms with Gasteiger partial charge in [-0.1, -0.05) is 6.58 Å². The Labute approximate surface area is 240 Å². The maximum absolute atomic E-state index is 14.3. The Balaban J connectivity index is 6.65. The third-order valence-corrected chi connectivity index (χ3v) is 16.8. The standard InChI is InChI=1S/C22H45F7O6Si5/c1-16(2)18(30)31-17(13-14-19(23,24)21(25,26)22(27,28)29)15-20(32-37(3)4,36-34-38(5,6)7)33-40(11,12)35-39(8,9)10/h17,37H,1,13-15,36H2,2-12H3. The van der Waals surface area contributed by atoms with E-state index in [1.807, 2.05) is 52.4 Å². The molecular formula is C22H45F7O6Si5. The van der Waals surface area contributed by atoms with Gasteiger partial charge in [0.2, 0.25) is 9.76 Å². The summed E-state index contributed by atoms with van der Waals surface area (Å²) in [7, 11) is -11.2. The van der Waals surface area contributed by atoms with Crippen molar-refractivity contribution in [3.8, 4) is 0 Å². The topological polar surface area (TPSA) is 63.2 Å². The molecule has 0 amide bonds. The van der Waals surface area contributed by atoms with Gasteiger partial charge in [0.1, 0.15) is 6.10 Å². The molecule has 18 heteroatoms. The molecule has 2 unspecified atom stereocenters. The lowest BCUT2D eigenvalue weighted by Gasteiger charge is -2.45. The average Bonchev–Trinajstić information content (AvgIpc) is 2.66. The minimum atomic E-state index is -6.47. The number of ether oxygens (including phenoxy) is 1. The first kappa shape index (κ1) is 39.6. The molecule has 0 aromatic heterocycles. The maximum atomic E-state index is 14.3. The predicted octanol–water partition coefficient (Wildman–Crippen LogP) is 6.64. The second-order valence-corrected chi connectivity index (χ2v) is 29.6. The summed E-state index contributed by atoms with van der Waals surface area (Å²) in [5, 5.41) is 0. The molecule has 40 heavy (non-hydrogen) atoms. The van der Waals surface area contributed by atoms with E-state index in [1.54, 1.807) is 13.1 Å². The second-order valence-electron chi connectivity index (χ2n) is 12.5. The van der Waals surface area contributed by atoms with Crippen LogP contribution in [0.3, 0.4) is 0 Å². The number of hydrogen-bond acceptors (Lipinski definition) is 6. The van der Waals surface area contributed by atoms with Crippen molar-refractivity contribution in [2.45, 2.75) is 121 Å². The van der Waals surface area contributed by atoms with Gasteiger partial charge in [-0.2, -0.15) is 30.7 Å². The van der Waals surface area contributed by atoms with Crippen molar-refractivity contribution in [3.63, 3.8) is 0 Å². The highest BCUT2D eigenvalue weighted by molar-refractivity contribution is 6.81. The Morgan fingerprint density at radius 3 is 1.80 bits per heavy atom. The van der Waals surface area contributed by atoms with Crippen molar-refractivity contribution in [1.82, 2.24) is 0 Å². The van der Waals surface area contributed by atoms with Crippen molar-refractivity contribution in [3.05, 3.63) is 12.2 Å². The van der Waals surface area contributed by atoms with Gasteiger partial charge in [0.25, 0.3) is 0 Å². The van der Waals surface area contributed by atoms with E-state index in [0.29, 0.717) is 0 Å². The first-order chi connectivity index (χ1) is 17.4. The number of alkyl halides is 7. The molecule has 2 atom stereocenters. The summed E-state index contributed by atoms with van der Waals surface area (Å²) in [6.07, 6.45) is -11.4. The van der Waals surface area contributed by atoms with E-state index in [9.17, 15) is 35.5 Å². The summed E-state index contributed by atoms with van der Waals surface area (Å²) in [5.41, 5.74) is -1.69. The highest BCUT2D eigenvalue weighted by atomic mass is 28.4. The molecule has 0 radical (unpaired) electrons. The fourth-order valence-electron chi connectivity index (χ4n) is 3.71. The third kappa shape index (κ3) is 13.7. The quantitative estimate of drug-likeness (QED) is 0.0566. The molecule has 0 saturated carbocycles. The van der Waals surface area contributed by atoms with E-state index in [-0.39, 0.29) is 5.57 Å². The van der Waals surface area contributed by atoms with Crippen LogP contribution in [0.25, 0.3) is 0 Å². The zero-order valence-electron chi connectivity index (χ0n) is 25.3. The van der Waals surface area contributed by atoms with Gasteiger partial charge < -0.3 is 21.8 Å². The first-order valence-corrected chi connectivity index (χ1v) is 26.5. The van der Waals surface area contributed by atoms with Crippen molar-refractivity contribution in [1.29, 1.82) is 0 Å². The fourth-order valence-corrected chi connectivity index (χ4v) is 17.5. The molecule has 0 fully saturated rings. The van der Waals surface area contributed by atoms with E-state index >= 15 is 0 Å². The van der Waals surface area contributed by atoms with Crippen LogP contribution in [0.5, 0.6) is 0 Å². The summed E-state index contributed by atoms with van der Waals surface area (Å²) in [6, 6.07) is 0. The highest BCUT2D eigenvalue weighted by Crippen LogP contribution is 2.49. The summed E-state index contributed by atoms with van der Waals surface area (Å²) in [6.45, 7) is 23.5. The Morgan fingerprint density at radius 1 is 0.925 bits per heavy atom. The normalized spacial score (nSPS) is 16.9. The Kier molecular flexibility index (Phi) is 13.8. The molecule has 0 aliphatic carbocycles. The van der Waals surface area contributed by atoms with Crippen molar-refractivity contribution in [2.24, 2.45) is 0 Å². The zero-order chi connectivity index (χ0) is 32.2. The molecule has 0 aliphatic heterocycles. The van der Waals surface area contributed by atoms with Crippen molar-refractivity contribution >= 4 is 50.0 Å². The molecule has 0 heterocycles. The zero-order valence-corrected chi connectivity index (χ0v) is 30.9. The summed E-state index contributed by atoms with van der Waals surface area (Å²) in [4.78, 5) is 12.4. The molecule has 0 N–H and O–H groups in total. The fraction of sp³-hybridized carbons (Fsp3) is 0.864. The molecule has 0 rings (SSSR count). The number of carbonyl (C=O) groups is 1. The molecule has 0 saturated heterocycles. The van der Waals surface area contributed by atoms with Crippen molar-refractivity contribution in [2.75, 3.05) is 0 Å². The molecular weight excluding hydrogens is 634 g/mol. The Bertz CT molecular complexity index is 860. The average molecular weight is 679 g/mol. The SMILES string of the molecule is C=C(C)C(=O)OC(CCC(F)(F)C(F)(F)C(F)(F)F)CC(O[SiH](C)C)(O[Si](C)(C)O[Si](C)(C)C)[SiH2]O[Si](C)(C)C. The molecule has 0 bridgehead atoms. The van der Waals surface area contributed by atoms with Gasteiger partial charge in [-0.25, -0.2) is 4.79 Å². The minimum Gasteiger partial charge on any atom is -0.459 e. The number of carbonyl (C=O) groups excluding carboxylic acids is 1. The number of halogens is 7. The Morgan fingerprint density at radius 2 is 1.43 bits per heavy atom. The number of hydrogen-bond donors (Lipinski definition) is 0. The summed E-state index contributed by atoms with van der Waals surface area (Å²) >= 11 is 0. The van der Waals surface area contributed by atoms with Crippen LogP contribution in [0.2, 0.25) is 65.5 Å². The molecule has 0 spiro atoms. The van der Waals surface area contributed by atoms with Crippen LogP contribution in [-0.2, 0) is 26.6 Å². The van der Waals surface area contributed by atoms with Crippen LogP contribution in [0.4, 0.5) is 30.7 Å². The minimum absolute atomic E-state index is 0.115. The van der Waals surface area contributed by atoms with Crippen LogP contribution in [0, 0.1) is 0 Å². The lowest BCUT2D eigenvalue weighted by molar-refractivity contribution is -0.356.